The second-order valence-electron chi connectivity index (χ2n) is 9.79. The zero-order valence-electron chi connectivity index (χ0n) is 20.0. The van der Waals surface area contributed by atoms with Crippen molar-refractivity contribution in [3.05, 3.63) is 107 Å². The van der Waals surface area contributed by atoms with Gasteiger partial charge in [-0.05, 0) is 28.3 Å². The van der Waals surface area contributed by atoms with Gasteiger partial charge in [0.2, 0.25) is 0 Å². The van der Waals surface area contributed by atoms with Crippen molar-refractivity contribution in [1.82, 2.24) is 4.57 Å². The van der Waals surface area contributed by atoms with Crippen molar-refractivity contribution in [3.63, 3.8) is 0 Å². The van der Waals surface area contributed by atoms with Crippen LogP contribution in [0.4, 0.5) is 0 Å². The molecular formula is C32H21NO4S. The monoisotopic (exact) mass is 515 g/mol. The zero-order chi connectivity index (χ0) is 25.7. The third kappa shape index (κ3) is 2.61. The lowest BCUT2D eigenvalue weighted by Gasteiger charge is -2.23. The van der Waals surface area contributed by atoms with Gasteiger partial charge in [-0.3, -0.25) is 0 Å². The van der Waals surface area contributed by atoms with Crippen LogP contribution in [0.2, 0.25) is 0 Å². The lowest BCUT2D eigenvalue weighted by Crippen LogP contribution is -2.25. The fourth-order valence-electron chi connectivity index (χ4n) is 6.17. The van der Waals surface area contributed by atoms with Crippen molar-refractivity contribution in [2.45, 2.75) is 12.2 Å². The number of aliphatic hydroxyl groups is 4. The van der Waals surface area contributed by atoms with Crippen molar-refractivity contribution >= 4 is 70.5 Å². The summed E-state index contributed by atoms with van der Waals surface area (Å²) >= 11 is 1.36. The molecule has 8 rings (SSSR count). The van der Waals surface area contributed by atoms with Crippen LogP contribution in [0.3, 0.4) is 0 Å². The second kappa shape index (κ2) is 7.58. The summed E-state index contributed by atoms with van der Waals surface area (Å²) in [6.07, 6.45) is -2.93. The van der Waals surface area contributed by atoms with Crippen LogP contribution >= 0.6 is 11.3 Å². The number of hydrogen-bond acceptors (Lipinski definition) is 5. The van der Waals surface area contributed by atoms with E-state index in [1.807, 2.05) is 42.5 Å². The molecule has 7 aromatic rings. The number of aromatic nitrogens is 1. The Labute approximate surface area is 220 Å². The average molecular weight is 516 g/mol. The molecule has 2 heterocycles. The molecule has 1 aliphatic carbocycles. The maximum atomic E-state index is 11.1. The molecule has 0 saturated heterocycles. The summed E-state index contributed by atoms with van der Waals surface area (Å²) in [6, 6.07) is 30.9. The lowest BCUT2D eigenvalue weighted by molar-refractivity contribution is 0.0147. The summed E-state index contributed by atoms with van der Waals surface area (Å²) in [6.45, 7) is 0. The highest BCUT2D eigenvalue weighted by molar-refractivity contribution is 7.20. The average Bonchev–Trinajstić information content (AvgIpc) is 3.53. The van der Waals surface area contributed by atoms with E-state index in [0.29, 0.717) is 10.4 Å². The molecule has 0 bridgehead atoms. The van der Waals surface area contributed by atoms with E-state index in [0.717, 1.165) is 59.1 Å². The summed E-state index contributed by atoms with van der Waals surface area (Å²) in [7, 11) is 0. The second-order valence-corrected chi connectivity index (χ2v) is 10.8. The Morgan fingerprint density at radius 2 is 1.26 bits per heavy atom. The van der Waals surface area contributed by atoms with Gasteiger partial charge in [-0.25, -0.2) is 0 Å². The third-order valence-corrected chi connectivity index (χ3v) is 9.08. The number of nitrogens with zero attached hydrogens (tertiary/aromatic N) is 1. The zero-order valence-corrected chi connectivity index (χ0v) is 20.8. The smallest absolute Gasteiger partial charge is 0.166 e. The van der Waals surface area contributed by atoms with Crippen molar-refractivity contribution in [1.29, 1.82) is 0 Å². The first kappa shape index (κ1) is 21.7. The van der Waals surface area contributed by atoms with Crippen LogP contribution in [0.15, 0.2) is 96.8 Å². The van der Waals surface area contributed by atoms with Crippen LogP contribution in [-0.4, -0.2) is 31.1 Å². The summed E-state index contributed by atoms with van der Waals surface area (Å²) in [5.74, 6) is -0.996. The molecule has 0 fully saturated rings. The van der Waals surface area contributed by atoms with Gasteiger partial charge in [0.1, 0.15) is 12.2 Å². The highest BCUT2D eigenvalue weighted by Gasteiger charge is 2.38. The fourth-order valence-corrected chi connectivity index (χ4v) is 7.54. The SMILES string of the molecule is OC1=C(O)C(O)C(O)c2sc3c(c21)c1ccccc1c1c2ccc4ccccc4c2n(-c2ccccc2)c31. The van der Waals surface area contributed by atoms with Gasteiger partial charge in [-0.15, -0.1) is 11.3 Å². The van der Waals surface area contributed by atoms with E-state index >= 15 is 0 Å². The Morgan fingerprint density at radius 3 is 2.03 bits per heavy atom. The Balaban J connectivity index is 1.73. The molecular weight excluding hydrogens is 494 g/mol. The van der Waals surface area contributed by atoms with Gasteiger partial charge < -0.3 is 25.0 Å². The third-order valence-electron chi connectivity index (χ3n) is 7.81. The molecule has 38 heavy (non-hydrogen) atoms. The summed E-state index contributed by atoms with van der Waals surface area (Å²) in [5.41, 5.74) is 3.42. The number of thiophene rings is 1. The molecule has 0 amide bonds. The van der Waals surface area contributed by atoms with Gasteiger partial charge in [0.05, 0.1) is 15.7 Å². The van der Waals surface area contributed by atoms with E-state index in [2.05, 4.69) is 53.1 Å². The minimum absolute atomic E-state index is 0.383. The Kier molecular flexibility index (Phi) is 4.33. The number of rotatable bonds is 1. The van der Waals surface area contributed by atoms with Crippen LogP contribution in [0.25, 0.3) is 64.9 Å². The van der Waals surface area contributed by atoms with E-state index in [9.17, 15) is 20.4 Å². The first-order valence-corrected chi connectivity index (χ1v) is 13.2. The molecule has 0 saturated carbocycles. The molecule has 2 atom stereocenters. The van der Waals surface area contributed by atoms with Crippen LogP contribution in [-0.2, 0) is 0 Å². The topological polar surface area (TPSA) is 85.8 Å². The highest BCUT2D eigenvalue weighted by atomic mass is 32.1. The van der Waals surface area contributed by atoms with Crippen LogP contribution in [0.5, 0.6) is 0 Å². The Hall–Kier alpha value is -4.36. The molecule has 2 unspecified atom stereocenters. The number of para-hydroxylation sites is 1. The van der Waals surface area contributed by atoms with E-state index in [1.165, 1.54) is 11.3 Å². The van der Waals surface area contributed by atoms with Crippen LogP contribution in [0, 0.1) is 0 Å². The van der Waals surface area contributed by atoms with E-state index < -0.39 is 18.0 Å². The Morgan fingerprint density at radius 1 is 0.605 bits per heavy atom. The van der Waals surface area contributed by atoms with Gasteiger partial charge in [0.15, 0.2) is 11.5 Å². The van der Waals surface area contributed by atoms with Gasteiger partial charge in [-0.1, -0.05) is 78.9 Å². The number of hydrogen-bond donors (Lipinski definition) is 4. The summed E-state index contributed by atoms with van der Waals surface area (Å²) < 4.78 is 3.15. The number of fused-ring (bicyclic) bond motifs is 12. The predicted octanol–water partition coefficient (Wildman–Crippen LogP) is 7.50. The van der Waals surface area contributed by atoms with Gasteiger partial charge >= 0.3 is 0 Å². The maximum Gasteiger partial charge on any atom is 0.166 e. The standard InChI is InChI=1S/C32H21NO4S/c34-27-24-23-20-13-7-6-12-19(20)22-21-15-14-16-8-4-5-11-18(16)25(21)33(17-9-2-1-3-10-17)26(22)31(23)38-32(24)30(37)29(36)28(27)35/h1-15,29-30,34-37H. The highest BCUT2D eigenvalue weighted by Crippen LogP contribution is 2.52. The minimum Gasteiger partial charge on any atom is -0.506 e. The van der Waals surface area contributed by atoms with Crippen molar-refractivity contribution in [2.75, 3.05) is 0 Å². The molecule has 5 aromatic carbocycles. The molecule has 4 N–H and O–H groups in total. The van der Waals surface area contributed by atoms with Crippen LogP contribution < -0.4 is 0 Å². The first-order valence-electron chi connectivity index (χ1n) is 12.4. The molecule has 0 aliphatic heterocycles. The number of aliphatic hydroxyl groups excluding tert-OH is 4. The fraction of sp³-hybridized carbons (Fsp3) is 0.0625. The summed E-state index contributed by atoms with van der Waals surface area (Å²) in [5, 5.41) is 50.1. The molecule has 2 aromatic heterocycles. The number of benzene rings is 5. The van der Waals surface area contributed by atoms with Gasteiger partial charge in [-0.2, -0.15) is 0 Å². The predicted molar refractivity (Wildman–Crippen MR) is 154 cm³/mol. The molecule has 5 nitrogen and oxygen atoms in total. The molecule has 184 valence electrons. The van der Waals surface area contributed by atoms with E-state index in [-0.39, 0.29) is 5.76 Å². The quantitative estimate of drug-likeness (QED) is 0.182. The molecule has 0 spiro atoms. The molecule has 0 radical (unpaired) electrons. The van der Waals surface area contributed by atoms with Crippen molar-refractivity contribution < 1.29 is 20.4 Å². The minimum atomic E-state index is -1.58. The van der Waals surface area contributed by atoms with Crippen molar-refractivity contribution in [2.24, 2.45) is 0 Å². The van der Waals surface area contributed by atoms with Crippen molar-refractivity contribution in [3.8, 4) is 5.69 Å². The van der Waals surface area contributed by atoms with Crippen LogP contribution in [0.1, 0.15) is 16.5 Å². The van der Waals surface area contributed by atoms with E-state index in [1.54, 1.807) is 0 Å². The lowest BCUT2D eigenvalue weighted by atomic mass is 9.92. The first-order chi connectivity index (χ1) is 18.6. The maximum absolute atomic E-state index is 11.1. The van der Waals surface area contributed by atoms with Gasteiger partial charge in [0.25, 0.3) is 0 Å². The summed E-state index contributed by atoms with van der Waals surface area (Å²) in [4.78, 5) is 0.440. The van der Waals surface area contributed by atoms with Gasteiger partial charge in [0, 0.05) is 37.7 Å². The normalized spacial score (nSPS) is 17.8. The molecule has 1 aliphatic rings. The molecule has 6 heteroatoms. The van der Waals surface area contributed by atoms with E-state index in [4.69, 9.17) is 0 Å². The Bertz CT molecular complexity index is 2140. The largest absolute Gasteiger partial charge is 0.506 e.